The third-order valence-electron chi connectivity index (χ3n) is 5.25. The maximum absolute atomic E-state index is 12.4. The van der Waals surface area contributed by atoms with Gasteiger partial charge in [-0.15, -0.1) is 0 Å². The zero-order valence-electron chi connectivity index (χ0n) is 14.2. The Balaban J connectivity index is 2.22. The van der Waals surface area contributed by atoms with E-state index < -0.39 is 16.4 Å². The van der Waals surface area contributed by atoms with Gasteiger partial charge in [-0.2, -0.15) is 0 Å². The normalized spacial score (nSPS) is 29.0. The first-order valence-corrected chi connectivity index (χ1v) is 7.81. The molecule has 118 valence electrons. The summed E-state index contributed by atoms with van der Waals surface area (Å²) in [6.45, 7) is 0.756. The second kappa shape index (κ2) is 5.73. The number of rotatable bonds is 3. The molecule has 1 saturated heterocycles. The molecule has 1 aliphatic heterocycles. The highest BCUT2D eigenvalue weighted by Gasteiger charge is 2.56. The van der Waals surface area contributed by atoms with Crippen LogP contribution in [-0.2, 0) is 10.2 Å². The number of methoxy groups -OCH3 is 2. The predicted octanol–water partition coefficient (Wildman–Crippen LogP) is 0.734. The summed E-state index contributed by atoms with van der Waals surface area (Å²) in [6.07, 6.45) is 2.57. The first-order valence-electron chi connectivity index (χ1n) is 7.81. The summed E-state index contributed by atoms with van der Waals surface area (Å²) in [5.74, 6) is 0.828. The Hall–Kier alpha value is -1.62. The molecule has 1 aliphatic carbocycles. The molecule has 0 bridgehead atoms. The molecular weight excluding hydrogens is 299 g/mol. The highest BCUT2D eigenvalue weighted by atomic mass is 16.5. The van der Waals surface area contributed by atoms with E-state index >= 15 is 0 Å². The van der Waals surface area contributed by atoms with Gasteiger partial charge in [-0.3, -0.25) is 4.79 Å². The van der Waals surface area contributed by atoms with Crippen molar-refractivity contribution >= 4 is 29.3 Å². The third-order valence-corrected chi connectivity index (χ3v) is 5.25. The van der Waals surface area contributed by atoms with Crippen LogP contribution in [0.3, 0.4) is 0 Å². The van der Waals surface area contributed by atoms with Crippen LogP contribution in [0, 0.1) is 0 Å². The maximum atomic E-state index is 12.4. The van der Waals surface area contributed by atoms with Crippen molar-refractivity contribution in [3.05, 3.63) is 35.3 Å². The highest BCUT2D eigenvalue weighted by molar-refractivity contribution is 6.58. The molecule has 2 aliphatic rings. The average molecular weight is 317 g/mol. The van der Waals surface area contributed by atoms with Crippen LogP contribution < -0.4 is 9.47 Å². The minimum absolute atomic E-state index is 0.112. The summed E-state index contributed by atoms with van der Waals surface area (Å²) in [5, 5.41) is -1.54. The number of fused-ring (bicyclic) bond motifs is 1. The number of hydrogen-bond acceptors (Lipinski definition) is 4. The van der Waals surface area contributed by atoms with Gasteiger partial charge in [0, 0.05) is 11.5 Å². The minimum Gasteiger partial charge on any atom is -0.493 e. The van der Waals surface area contributed by atoms with E-state index in [9.17, 15) is 4.79 Å². The molecule has 1 heterocycles. The van der Waals surface area contributed by atoms with E-state index in [1.165, 1.54) is 0 Å². The molecule has 4 nitrogen and oxygen atoms in total. The van der Waals surface area contributed by atoms with Gasteiger partial charge in [0.05, 0.1) is 29.9 Å². The molecule has 3 rings (SSSR count). The Morgan fingerprint density at radius 3 is 2.50 bits per heavy atom. The van der Waals surface area contributed by atoms with Gasteiger partial charge in [-0.25, -0.2) is 0 Å². The van der Waals surface area contributed by atoms with Crippen molar-refractivity contribution in [3.8, 4) is 11.5 Å². The van der Waals surface area contributed by atoms with E-state index in [2.05, 4.69) is 0 Å². The molecule has 7 heteroatoms. The Morgan fingerprint density at radius 1 is 1.21 bits per heavy atom. The zero-order chi connectivity index (χ0) is 17.7. The van der Waals surface area contributed by atoms with E-state index in [1.54, 1.807) is 14.2 Å². The number of nitrogens with zero attached hydrogens (tertiary/aromatic N) is 1. The molecule has 1 aromatic rings. The number of allylic oxidation sites excluding steroid dienone is 1. The first-order chi connectivity index (χ1) is 11.3. The number of likely N-dealkylation sites (N-methyl/N-ethyl adjacent to an activating group) is 1. The molecule has 1 aromatic carbocycles. The van der Waals surface area contributed by atoms with Crippen molar-refractivity contribution in [3.63, 3.8) is 0 Å². The lowest BCUT2D eigenvalue weighted by atomic mass is 9.39. The second-order valence-corrected chi connectivity index (χ2v) is 6.61. The van der Waals surface area contributed by atoms with Gasteiger partial charge in [0.2, 0.25) is 0 Å². The van der Waals surface area contributed by atoms with E-state index in [0.717, 1.165) is 18.5 Å². The number of hydrogen-bond donors (Lipinski definition) is 0. The number of Topliss-reactive ketones (excluding diaryl/α,β-unsaturated/α-hetero) is 1. The van der Waals surface area contributed by atoms with E-state index in [0.29, 0.717) is 11.5 Å². The third kappa shape index (κ3) is 2.25. The number of ether oxygens (including phenoxy) is 2. The molecule has 0 saturated carbocycles. The van der Waals surface area contributed by atoms with Crippen molar-refractivity contribution in [1.29, 1.82) is 0 Å². The van der Waals surface area contributed by atoms with Gasteiger partial charge in [0.15, 0.2) is 11.5 Å². The standard InChI is InChI=1S/C17H18B3NO3/c1-21-7-6-16(9-11(18)14(22)17(19,20)15(16)21)10-4-5-12(23-2)13(8-10)24-3/h4-5,8-9,15H,6-7H2,1-3H3/t15?,16-/m1/s1. The summed E-state index contributed by atoms with van der Waals surface area (Å²) in [5.41, 5.74) is 0.516. The smallest absolute Gasteiger partial charge is 0.161 e. The van der Waals surface area contributed by atoms with Crippen LogP contribution in [0.15, 0.2) is 29.7 Å². The monoisotopic (exact) mass is 317 g/mol. The molecule has 0 spiro atoms. The van der Waals surface area contributed by atoms with Crippen LogP contribution in [0.4, 0.5) is 0 Å². The number of benzene rings is 1. The quantitative estimate of drug-likeness (QED) is 0.771. The van der Waals surface area contributed by atoms with Crippen LogP contribution in [0.2, 0.25) is 5.21 Å². The lowest BCUT2D eigenvalue weighted by Gasteiger charge is -2.49. The fraction of sp³-hybridized carbons (Fsp3) is 0.471. The van der Waals surface area contributed by atoms with E-state index in [-0.39, 0.29) is 11.5 Å². The predicted molar refractivity (Wildman–Crippen MR) is 95.3 cm³/mol. The fourth-order valence-electron chi connectivity index (χ4n) is 4.19. The molecule has 1 unspecified atom stereocenters. The molecule has 0 N–H and O–H groups in total. The SMILES string of the molecule is [B]C1=C[C@@]2(c3ccc(OC)c(OC)c3)CCN(C)C2C([B])([B])C1=O. The lowest BCUT2D eigenvalue weighted by molar-refractivity contribution is -0.117. The van der Waals surface area contributed by atoms with Gasteiger partial charge < -0.3 is 14.4 Å². The van der Waals surface area contributed by atoms with Gasteiger partial charge in [-0.05, 0) is 42.9 Å². The molecular formula is C17H18B3NO3. The number of likely N-dealkylation sites (tertiary alicyclic amines) is 1. The summed E-state index contributed by atoms with van der Waals surface area (Å²) in [7, 11) is 23.6. The van der Waals surface area contributed by atoms with Crippen LogP contribution in [0.25, 0.3) is 0 Å². The van der Waals surface area contributed by atoms with Crippen molar-refractivity contribution in [2.45, 2.75) is 23.1 Å². The average Bonchev–Trinajstić information content (AvgIpc) is 2.90. The van der Waals surface area contributed by atoms with Crippen molar-refractivity contribution in [1.82, 2.24) is 4.90 Å². The number of ketones is 1. The van der Waals surface area contributed by atoms with Crippen LogP contribution >= 0.6 is 0 Å². The van der Waals surface area contributed by atoms with Gasteiger partial charge in [0.1, 0.15) is 13.6 Å². The van der Waals surface area contributed by atoms with Crippen molar-refractivity contribution in [2.24, 2.45) is 0 Å². The molecule has 24 heavy (non-hydrogen) atoms. The highest BCUT2D eigenvalue weighted by Crippen LogP contribution is 2.53. The molecule has 0 aromatic heterocycles. The Morgan fingerprint density at radius 2 is 1.88 bits per heavy atom. The summed E-state index contributed by atoms with van der Waals surface area (Å²) < 4.78 is 10.7. The van der Waals surface area contributed by atoms with Crippen LogP contribution in [0.5, 0.6) is 11.5 Å². The molecule has 6 radical (unpaired) electrons. The first kappa shape index (κ1) is 17.2. The maximum Gasteiger partial charge on any atom is 0.161 e. The van der Waals surface area contributed by atoms with Crippen molar-refractivity contribution < 1.29 is 14.3 Å². The fourth-order valence-corrected chi connectivity index (χ4v) is 4.19. The van der Waals surface area contributed by atoms with Crippen molar-refractivity contribution in [2.75, 3.05) is 27.8 Å². The van der Waals surface area contributed by atoms with Crippen LogP contribution in [-0.4, -0.2) is 68.1 Å². The number of carbonyl (C=O) groups excluding carboxylic acids is 1. The zero-order valence-corrected chi connectivity index (χ0v) is 14.2. The number of carbonyl (C=O) groups is 1. The summed E-state index contributed by atoms with van der Waals surface area (Å²) in [6, 6.07) is 5.31. The van der Waals surface area contributed by atoms with E-state index in [1.807, 2.05) is 36.2 Å². The van der Waals surface area contributed by atoms with E-state index in [4.69, 9.17) is 33.0 Å². The summed E-state index contributed by atoms with van der Waals surface area (Å²) in [4.78, 5) is 14.4. The molecule has 0 amide bonds. The van der Waals surface area contributed by atoms with Crippen LogP contribution in [0.1, 0.15) is 12.0 Å². The second-order valence-electron chi connectivity index (χ2n) is 6.61. The molecule has 1 fully saturated rings. The van der Waals surface area contributed by atoms with Gasteiger partial charge >= 0.3 is 0 Å². The minimum atomic E-state index is -1.54. The Bertz CT molecular complexity index is 719. The largest absolute Gasteiger partial charge is 0.493 e. The summed E-state index contributed by atoms with van der Waals surface area (Å²) >= 11 is 0. The van der Waals surface area contributed by atoms with Gasteiger partial charge in [0.25, 0.3) is 0 Å². The lowest BCUT2D eigenvalue weighted by Crippen LogP contribution is -2.55. The molecule has 2 atom stereocenters. The Kier molecular flexibility index (Phi) is 4.11. The van der Waals surface area contributed by atoms with Gasteiger partial charge in [-0.1, -0.05) is 17.6 Å². The Labute approximate surface area is 146 Å². The topological polar surface area (TPSA) is 38.8 Å².